The maximum Gasteiger partial charge on any atom is 0.328 e. The number of oxazole rings is 1. The first-order chi connectivity index (χ1) is 9.58. The highest BCUT2D eigenvalue weighted by molar-refractivity contribution is 7.10. The zero-order valence-electron chi connectivity index (χ0n) is 10.6. The van der Waals surface area contributed by atoms with Crippen molar-refractivity contribution in [1.82, 2.24) is 10.3 Å². The molecule has 0 spiro atoms. The lowest BCUT2D eigenvalue weighted by Gasteiger charge is -2.03. The summed E-state index contributed by atoms with van der Waals surface area (Å²) in [6, 6.07) is 1.80. The second kappa shape index (κ2) is 6.16. The number of hydrogen-bond acceptors (Lipinski definition) is 5. The topological polar surface area (TPSA) is 92.4 Å². The number of rotatable bonds is 5. The van der Waals surface area contributed by atoms with E-state index in [0.717, 1.165) is 16.5 Å². The summed E-state index contributed by atoms with van der Waals surface area (Å²) >= 11 is 1.44. The van der Waals surface area contributed by atoms with Crippen molar-refractivity contribution in [2.75, 3.05) is 0 Å². The second-order valence-electron chi connectivity index (χ2n) is 3.92. The molecular formula is C13H12N2O4S. The van der Waals surface area contributed by atoms with Crippen LogP contribution < -0.4 is 5.32 Å². The van der Waals surface area contributed by atoms with Gasteiger partial charge in [0.2, 0.25) is 5.76 Å². The Balaban J connectivity index is 2.01. The van der Waals surface area contributed by atoms with Crippen molar-refractivity contribution in [3.8, 4) is 0 Å². The van der Waals surface area contributed by atoms with Crippen molar-refractivity contribution in [3.05, 3.63) is 45.8 Å². The van der Waals surface area contributed by atoms with E-state index in [1.54, 1.807) is 13.0 Å². The number of hydrogen-bond donors (Lipinski definition) is 2. The average Bonchev–Trinajstić information content (AvgIpc) is 3.02. The monoisotopic (exact) mass is 292 g/mol. The van der Waals surface area contributed by atoms with Gasteiger partial charge in [-0.25, -0.2) is 9.78 Å². The van der Waals surface area contributed by atoms with Crippen LogP contribution in [0.2, 0.25) is 0 Å². The third-order valence-electron chi connectivity index (χ3n) is 2.55. The smallest absolute Gasteiger partial charge is 0.328 e. The van der Waals surface area contributed by atoms with Crippen molar-refractivity contribution in [2.24, 2.45) is 0 Å². The summed E-state index contributed by atoms with van der Waals surface area (Å²) in [5.41, 5.74) is 1.30. The molecule has 6 nitrogen and oxygen atoms in total. The zero-order valence-corrected chi connectivity index (χ0v) is 11.4. The fourth-order valence-corrected chi connectivity index (χ4v) is 2.37. The van der Waals surface area contributed by atoms with Gasteiger partial charge in [-0.3, -0.25) is 4.79 Å². The molecule has 0 aliphatic carbocycles. The highest BCUT2D eigenvalue weighted by Crippen LogP contribution is 2.18. The standard InChI is InChI=1S/C13H12N2O4S/c1-8-12(19-7-15-8)13(18)14-6-10-9(4-5-20-10)2-3-11(16)17/h2-5,7H,6H2,1H3,(H,14,18)(H,16,17)/b3-2+. The summed E-state index contributed by atoms with van der Waals surface area (Å²) < 4.78 is 4.99. The number of nitrogens with zero attached hydrogens (tertiary/aromatic N) is 1. The first kappa shape index (κ1) is 14.0. The van der Waals surface area contributed by atoms with Crippen molar-refractivity contribution >= 4 is 29.3 Å². The predicted molar refractivity (Wildman–Crippen MR) is 73.4 cm³/mol. The van der Waals surface area contributed by atoms with Crippen molar-refractivity contribution < 1.29 is 19.1 Å². The summed E-state index contributed by atoms with van der Waals surface area (Å²) in [7, 11) is 0. The van der Waals surface area contributed by atoms with E-state index in [-0.39, 0.29) is 11.7 Å². The first-order valence-corrected chi connectivity index (χ1v) is 6.61. The number of aliphatic carboxylic acids is 1. The van der Waals surface area contributed by atoms with Crippen LogP contribution in [0, 0.1) is 6.92 Å². The second-order valence-corrected chi connectivity index (χ2v) is 4.92. The first-order valence-electron chi connectivity index (χ1n) is 5.73. The summed E-state index contributed by atoms with van der Waals surface area (Å²) in [4.78, 5) is 27.1. The zero-order chi connectivity index (χ0) is 14.5. The third kappa shape index (κ3) is 3.33. The quantitative estimate of drug-likeness (QED) is 0.823. The van der Waals surface area contributed by atoms with Crippen molar-refractivity contribution in [2.45, 2.75) is 13.5 Å². The van der Waals surface area contributed by atoms with E-state index < -0.39 is 5.97 Å². The Morgan fingerprint density at radius 3 is 3.00 bits per heavy atom. The minimum Gasteiger partial charge on any atom is -0.478 e. The third-order valence-corrected chi connectivity index (χ3v) is 3.48. The van der Waals surface area contributed by atoms with Gasteiger partial charge in [-0.1, -0.05) is 0 Å². The molecule has 2 heterocycles. The van der Waals surface area contributed by atoms with Gasteiger partial charge in [-0.05, 0) is 30.0 Å². The molecule has 2 aromatic rings. The Hall–Kier alpha value is -2.41. The molecule has 20 heavy (non-hydrogen) atoms. The molecule has 104 valence electrons. The van der Waals surface area contributed by atoms with Crippen LogP contribution in [0.3, 0.4) is 0 Å². The molecule has 0 saturated carbocycles. The van der Waals surface area contributed by atoms with Gasteiger partial charge < -0.3 is 14.8 Å². The number of aryl methyl sites for hydroxylation is 1. The van der Waals surface area contributed by atoms with Crippen LogP contribution in [0.15, 0.2) is 28.3 Å². The fraction of sp³-hybridized carbons (Fsp3) is 0.154. The van der Waals surface area contributed by atoms with Crippen LogP contribution in [0.1, 0.15) is 26.7 Å². The Morgan fingerprint density at radius 2 is 2.35 bits per heavy atom. The Bertz CT molecular complexity index is 657. The van der Waals surface area contributed by atoms with Gasteiger partial charge in [0, 0.05) is 11.0 Å². The number of carboxylic acid groups (broad SMARTS) is 1. The Morgan fingerprint density at radius 1 is 1.55 bits per heavy atom. The van der Waals surface area contributed by atoms with Crippen LogP contribution in [-0.4, -0.2) is 22.0 Å². The summed E-state index contributed by atoms with van der Waals surface area (Å²) in [6.45, 7) is 1.99. The van der Waals surface area contributed by atoms with Gasteiger partial charge >= 0.3 is 5.97 Å². The van der Waals surface area contributed by atoms with Crippen LogP contribution >= 0.6 is 11.3 Å². The van der Waals surface area contributed by atoms with E-state index in [9.17, 15) is 9.59 Å². The largest absolute Gasteiger partial charge is 0.478 e. The van der Waals surface area contributed by atoms with E-state index >= 15 is 0 Å². The molecule has 0 saturated heterocycles. The van der Waals surface area contributed by atoms with Crippen molar-refractivity contribution in [1.29, 1.82) is 0 Å². The summed E-state index contributed by atoms with van der Waals surface area (Å²) in [6.07, 6.45) is 3.78. The number of carbonyl (C=O) groups excluding carboxylic acids is 1. The molecule has 0 fully saturated rings. The molecule has 7 heteroatoms. The maximum absolute atomic E-state index is 11.8. The number of nitrogens with one attached hydrogen (secondary N) is 1. The molecule has 0 bridgehead atoms. The van der Waals surface area contributed by atoms with Crippen LogP contribution in [0.25, 0.3) is 6.08 Å². The van der Waals surface area contributed by atoms with E-state index in [0.29, 0.717) is 12.2 Å². The summed E-state index contributed by atoms with van der Waals surface area (Å²) in [5, 5.41) is 13.2. The highest BCUT2D eigenvalue weighted by Gasteiger charge is 2.14. The lowest BCUT2D eigenvalue weighted by Crippen LogP contribution is -2.22. The molecule has 0 aliphatic heterocycles. The molecule has 2 aromatic heterocycles. The van der Waals surface area contributed by atoms with E-state index in [4.69, 9.17) is 9.52 Å². The molecule has 0 radical (unpaired) electrons. The molecule has 0 unspecified atom stereocenters. The Labute approximate surface area is 118 Å². The molecule has 0 atom stereocenters. The molecule has 0 aliphatic rings. The number of carboxylic acids is 1. The molecular weight excluding hydrogens is 280 g/mol. The normalized spacial score (nSPS) is 10.8. The van der Waals surface area contributed by atoms with E-state index in [2.05, 4.69) is 10.3 Å². The van der Waals surface area contributed by atoms with Gasteiger partial charge in [-0.2, -0.15) is 0 Å². The van der Waals surface area contributed by atoms with E-state index in [1.807, 2.05) is 5.38 Å². The lowest BCUT2D eigenvalue weighted by molar-refractivity contribution is -0.131. The minimum atomic E-state index is -1.01. The predicted octanol–water partition coefficient (Wildman–Crippen LogP) is 2.07. The van der Waals surface area contributed by atoms with Crippen LogP contribution in [0.5, 0.6) is 0 Å². The lowest BCUT2D eigenvalue weighted by atomic mass is 10.2. The highest BCUT2D eigenvalue weighted by atomic mass is 32.1. The number of thiophene rings is 1. The van der Waals surface area contributed by atoms with Gasteiger partial charge in [-0.15, -0.1) is 11.3 Å². The van der Waals surface area contributed by atoms with Gasteiger partial charge in [0.05, 0.1) is 12.2 Å². The van der Waals surface area contributed by atoms with Crippen molar-refractivity contribution in [3.63, 3.8) is 0 Å². The minimum absolute atomic E-state index is 0.184. The fourth-order valence-electron chi connectivity index (χ4n) is 1.56. The maximum atomic E-state index is 11.8. The number of aromatic nitrogens is 1. The Kier molecular flexibility index (Phi) is 4.31. The van der Waals surface area contributed by atoms with Gasteiger partial charge in [0.15, 0.2) is 6.39 Å². The number of amides is 1. The van der Waals surface area contributed by atoms with E-state index in [1.165, 1.54) is 23.8 Å². The average molecular weight is 292 g/mol. The molecule has 1 amide bonds. The van der Waals surface area contributed by atoms with Gasteiger partial charge in [0.1, 0.15) is 0 Å². The number of carbonyl (C=O) groups is 2. The van der Waals surface area contributed by atoms with Crippen LogP contribution in [0.4, 0.5) is 0 Å². The SMILES string of the molecule is Cc1ncoc1C(=O)NCc1sccc1/C=C/C(=O)O. The molecule has 0 aromatic carbocycles. The molecule has 2 N–H and O–H groups in total. The van der Waals surface area contributed by atoms with Crippen LogP contribution in [-0.2, 0) is 11.3 Å². The molecule has 2 rings (SSSR count). The van der Waals surface area contributed by atoms with Gasteiger partial charge in [0.25, 0.3) is 5.91 Å². The summed E-state index contributed by atoms with van der Waals surface area (Å²) in [5.74, 6) is -1.17.